The van der Waals surface area contributed by atoms with Crippen molar-refractivity contribution in [3.8, 4) is 0 Å². The maximum atomic E-state index is 14.1. The summed E-state index contributed by atoms with van der Waals surface area (Å²) >= 11 is 0. The molecule has 2 nitrogen and oxygen atoms in total. The van der Waals surface area contributed by atoms with E-state index in [1.165, 1.54) is 0 Å². The zero-order valence-electron chi connectivity index (χ0n) is 19.5. The smallest absolute Gasteiger partial charge is 0.167 e. The first-order valence-electron chi connectivity index (χ1n) is 12.0. The van der Waals surface area contributed by atoms with Crippen LogP contribution in [0.4, 0.5) is 0 Å². The van der Waals surface area contributed by atoms with E-state index < -0.39 is 0 Å². The third-order valence-electron chi connectivity index (χ3n) is 6.62. The fourth-order valence-corrected chi connectivity index (χ4v) is 4.93. The summed E-state index contributed by atoms with van der Waals surface area (Å²) in [4.78, 5) is 27.6. The van der Waals surface area contributed by atoms with Crippen molar-refractivity contribution in [2.75, 3.05) is 0 Å². The van der Waals surface area contributed by atoms with Crippen LogP contribution in [0.5, 0.6) is 0 Å². The molecule has 0 saturated carbocycles. The maximum absolute atomic E-state index is 14.1. The van der Waals surface area contributed by atoms with E-state index >= 15 is 0 Å². The highest BCUT2D eigenvalue weighted by atomic mass is 16.1. The Morgan fingerprint density at radius 1 is 0.559 bits per heavy atom. The van der Waals surface area contributed by atoms with Crippen molar-refractivity contribution in [3.63, 3.8) is 0 Å². The average molecular weight is 447 g/mol. The molecule has 0 radical (unpaired) electrons. The van der Waals surface area contributed by atoms with Crippen molar-refractivity contribution in [2.24, 2.45) is 5.92 Å². The van der Waals surface area contributed by atoms with Crippen molar-refractivity contribution in [2.45, 2.75) is 31.6 Å². The Labute approximate surface area is 202 Å². The van der Waals surface area contributed by atoms with Crippen molar-refractivity contribution in [1.29, 1.82) is 0 Å². The second-order valence-corrected chi connectivity index (χ2v) is 8.69. The standard InChI is InChI=1S/C32H30O2/c1-2-28(24-15-7-3-8-16-24)31(32(34)27-21-13-6-14-22-27)29(25-17-9-4-10-18-25)23-30(33)26-19-11-5-12-20-26/h3-22,28-29,31H,2,23H2,1H3. The number of carbonyl (C=O) groups excluding carboxylic acids is 2. The van der Waals surface area contributed by atoms with E-state index in [-0.39, 0.29) is 35.7 Å². The van der Waals surface area contributed by atoms with Crippen molar-refractivity contribution < 1.29 is 9.59 Å². The Bertz CT molecular complexity index is 1180. The minimum Gasteiger partial charge on any atom is -0.294 e. The molecule has 0 spiro atoms. The summed E-state index contributed by atoms with van der Waals surface area (Å²) in [6.07, 6.45) is 1.08. The molecule has 170 valence electrons. The van der Waals surface area contributed by atoms with E-state index in [2.05, 4.69) is 19.1 Å². The van der Waals surface area contributed by atoms with Gasteiger partial charge in [0.2, 0.25) is 0 Å². The average Bonchev–Trinajstić information content (AvgIpc) is 2.92. The van der Waals surface area contributed by atoms with Gasteiger partial charge in [0.05, 0.1) is 0 Å². The van der Waals surface area contributed by atoms with E-state index in [4.69, 9.17) is 0 Å². The lowest BCUT2D eigenvalue weighted by atomic mass is 9.68. The number of ketones is 2. The molecule has 0 saturated heterocycles. The van der Waals surface area contributed by atoms with Crippen LogP contribution in [0, 0.1) is 5.92 Å². The lowest BCUT2D eigenvalue weighted by Crippen LogP contribution is -2.30. The van der Waals surface area contributed by atoms with Crippen LogP contribution in [0.1, 0.15) is 63.4 Å². The Morgan fingerprint density at radius 3 is 1.44 bits per heavy atom. The lowest BCUT2D eigenvalue weighted by molar-refractivity contribution is 0.0849. The molecule has 4 aromatic carbocycles. The molecule has 0 aliphatic carbocycles. The lowest BCUT2D eigenvalue weighted by Gasteiger charge is -2.33. The summed E-state index contributed by atoms with van der Waals surface area (Å²) in [6.45, 7) is 2.13. The molecule has 0 aromatic heterocycles. The molecule has 0 bridgehead atoms. The predicted molar refractivity (Wildman–Crippen MR) is 138 cm³/mol. The fraction of sp³-hybridized carbons (Fsp3) is 0.188. The van der Waals surface area contributed by atoms with Gasteiger partial charge in [0.1, 0.15) is 0 Å². The topological polar surface area (TPSA) is 34.1 Å². The highest BCUT2D eigenvalue weighted by molar-refractivity contribution is 6.01. The Hall–Kier alpha value is -3.78. The van der Waals surface area contributed by atoms with E-state index in [1.807, 2.05) is 109 Å². The molecule has 0 aliphatic rings. The van der Waals surface area contributed by atoms with E-state index in [0.717, 1.165) is 17.5 Å². The van der Waals surface area contributed by atoms with Gasteiger partial charge in [-0.3, -0.25) is 9.59 Å². The van der Waals surface area contributed by atoms with Gasteiger partial charge in [0.15, 0.2) is 11.6 Å². The molecule has 4 aromatic rings. The van der Waals surface area contributed by atoms with Gasteiger partial charge in [-0.15, -0.1) is 0 Å². The summed E-state index contributed by atoms with van der Waals surface area (Å²) in [7, 11) is 0. The van der Waals surface area contributed by atoms with Crippen LogP contribution in [0.2, 0.25) is 0 Å². The highest BCUT2D eigenvalue weighted by Gasteiger charge is 2.37. The number of hydrogen-bond acceptors (Lipinski definition) is 2. The van der Waals surface area contributed by atoms with Crippen LogP contribution >= 0.6 is 0 Å². The zero-order valence-corrected chi connectivity index (χ0v) is 19.5. The molecular weight excluding hydrogens is 416 g/mol. The molecule has 2 heteroatoms. The van der Waals surface area contributed by atoms with Crippen LogP contribution in [0.15, 0.2) is 121 Å². The SMILES string of the molecule is CCC(c1ccccc1)C(C(=O)c1ccccc1)C(CC(=O)c1ccccc1)c1ccccc1. The van der Waals surface area contributed by atoms with Gasteiger partial charge in [-0.2, -0.15) is 0 Å². The normalized spacial score (nSPS) is 13.6. The Morgan fingerprint density at radius 2 is 0.971 bits per heavy atom. The number of benzene rings is 4. The van der Waals surface area contributed by atoms with Gasteiger partial charge in [0, 0.05) is 29.4 Å². The molecule has 0 heterocycles. The van der Waals surface area contributed by atoms with Crippen LogP contribution in [-0.4, -0.2) is 11.6 Å². The second kappa shape index (κ2) is 11.4. The highest BCUT2D eigenvalue weighted by Crippen LogP contribution is 2.42. The van der Waals surface area contributed by atoms with Gasteiger partial charge in [-0.05, 0) is 23.5 Å². The molecule has 0 amide bonds. The van der Waals surface area contributed by atoms with Gasteiger partial charge in [-0.25, -0.2) is 0 Å². The minimum atomic E-state index is -0.370. The third kappa shape index (κ3) is 5.40. The Kier molecular flexibility index (Phi) is 7.83. The number of carbonyl (C=O) groups is 2. The van der Waals surface area contributed by atoms with Gasteiger partial charge >= 0.3 is 0 Å². The molecular formula is C32H30O2. The largest absolute Gasteiger partial charge is 0.294 e. The summed E-state index contributed by atoms with van der Waals surface area (Å²) in [5, 5.41) is 0. The summed E-state index contributed by atoms with van der Waals surface area (Å²) in [5.74, 6) is -0.478. The zero-order chi connectivity index (χ0) is 23.8. The molecule has 0 fully saturated rings. The van der Waals surface area contributed by atoms with E-state index in [9.17, 15) is 9.59 Å². The van der Waals surface area contributed by atoms with E-state index in [1.54, 1.807) is 0 Å². The van der Waals surface area contributed by atoms with Crippen LogP contribution in [0.25, 0.3) is 0 Å². The summed E-state index contributed by atoms with van der Waals surface area (Å²) in [5.41, 5.74) is 3.53. The Balaban J connectivity index is 1.83. The maximum Gasteiger partial charge on any atom is 0.167 e. The van der Waals surface area contributed by atoms with Crippen molar-refractivity contribution in [1.82, 2.24) is 0 Å². The van der Waals surface area contributed by atoms with Gasteiger partial charge < -0.3 is 0 Å². The van der Waals surface area contributed by atoms with Crippen LogP contribution in [-0.2, 0) is 0 Å². The van der Waals surface area contributed by atoms with Gasteiger partial charge in [0.25, 0.3) is 0 Å². The monoisotopic (exact) mass is 446 g/mol. The summed E-state index contributed by atoms with van der Waals surface area (Å²) < 4.78 is 0. The first kappa shape index (κ1) is 23.4. The molecule has 3 atom stereocenters. The molecule has 0 aliphatic heterocycles. The quantitative estimate of drug-likeness (QED) is 0.234. The van der Waals surface area contributed by atoms with Gasteiger partial charge in [-0.1, -0.05) is 128 Å². The van der Waals surface area contributed by atoms with Crippen LogP contribution < -0.4 is 0 Å². The van der Waals surface area contributed by atoms with Crippen molar-refractivity contribution >= 4 is 11.6 Å². The minimum absolute atomic E-state index is 0.0114. The van der Waals surface area contributed by atoms with Crippen LogP contribution in [0.3, 0.4) is 0 Å². The summed E-state index contributed by atoms with van der Waals surface area (Å²) in [6, 6.07) is 39.2. The first-order chi connectivity index (χ1) is 16.7. The number of hydrogen-bond donors (Lipinski definition) is 0. The van der Waals surface area contributed by atoms with Crippen molar-refractivity contribution in [3.05, 3.63) is 144 Å². The number of rotatable bonds is 10. The molecule has 3 unspecified atom stereocenters. The predicted octanol–water partition coefficient (Wildman–Crippen LogP) is 7.74. The van der Waals surface area contributed by atoms with E-state index in [0.29, 0.717) is 11.1 Å². The molecule has 34 heavy (non-hydrogen) atoms. The second-order valence-electron chi connectivity index (χ2n) is 8.69. The molecule has 4 rings (SSSR count). The molecule has 0 N–H and O–H groups in total. The first-order valence-corrected chi connectivity index (χ1v) is 12.0. The number of Topliss-reactive ketones (excluding diaryl/α,β-unsaturated/α-hetero) is 2. The fourth-order valence-electron chi connectivity index (χ4n) is 4.93. The third-order valence-corrected chi connectivity index (χ3v) is 6.62.